The van der Waals surface area contributed by atoms with Crippen molar-refractivity contribution >= 4 is 5.91 Å². The van der Waals surface area contributed by atoms with E-state index in [9.17, 15) is 4.79 Å². The third-order valence-corrected chi connectivity index (χ3v) is 4.07. The van der Waals surface area contributed by atoms with Crippen LogP contribution in [0.5, 0.6) is 0 Å². The Hall–Kier alpha value is -2.10. The monoisotopic (exact) mass is 297 g/mol. The number of nitrogens with zero attached hydrogens (tertiary/aromatic N) is 3. The van der Waals surface area contributed by atoms with E-state index in [0.29, 0.717) is 12.6 Å². The van der Waals surface area contributed by atoms with Gasteiger partial charge in [-0.3, -0.25) is 4.79 Å². The second kappa shape index (κ2) is 6.34. The first-order valence-corrected chi connectivity index (χ1v) is 7.99. The summed E-state index contributed by atoms with van der Waals surface area (Å²) in [5.41, 5.74) is 1.25. The summed E-state index contributed by atoms with van der Waals surface area (Å²) in [6.45, 7) is 5.34. The first-order valence-electron chi connectivity index (χ1n) is 7.99. The van der Waals surface area contributed by atoms with E-state index < -0.39 is 0 Å². The van der Waals surface area contributed by atoms with Gasteiger partial charge < -0.3 is 9.47 Å². The first-order chi connectivity index (χ1) is 10.6. The van der Waals surface area contributed by atoms with Crippen LogP contribution in [-0.4, -0.2) is 26.4 Å². The molecule has 1 fully saturated rings. The van der Waals surface area contributed by atoms with Crippen molar-refractivity contribution in [2.45, 2.75) is 45.8 Å². The molecule has 1 aliphatic carbocycles. The van der Waals surface area contributed by atoms with Crippen LogP contribution in [0, 0.1) is 5.92 Å². The molecule has 4 heteroatoms. The standard InChI is InChI=1S/C18H23N3O/c1-14(2)18(22)21(16-8-9-16)13-17-19-10-11-20(17)12-15-6-4-3-5-7-15/h3-7,10-11,14,16H,8-9,12-13H2,1-2H3. The van der Waals surface area contributed by atoms with E-state index in [1.54, 1.807) is 0 Å². The minimum atomic E-state index is 0.0399. The second-order valence-electron chi connectivity index (χ2n) is 6.31. The van der Waals surface area contributed by atoms with Crippen LogP contribution in [0.2, 0.25) is 0 Å². The van der Waals surface area contributed by atoms with Crippen molar-refractivity contribution in [3.63, 3.8) is 0 Å². The average molecular weight is 297 g/mol. The van der Waals surface area contributed by atoms with E-state index in [2.05, 4.69) is 21.7 Å². The van der Waals surface area contributed by atoms with Crippen LogP contribution in [0.15, 0.2) is 42.7 Å². The molecule has 1 aromatic carbocycles. The van der Waals surface area contributed by atoms with Crippen LogP contribution < -0.4 is 0 Å². The van der Waals surface area contributed by atoms with Gasteiger partial charge in [-0.2, -0.15) is 0 Å². The van der Waals surface area contributed by atoms with Gasteiger partial charge in [0.1, 0.15) is 5.82 Å². The number of carbonyl (C=O) groups excluding carboxylic acids is 1. The van der Waals surface area contributed by atoms with E-state index in [-0.39, 0.29) is 11.8 Å². The number of aromatic nitrogens is 2. The lowest BCUT2D eigenvalue weighted by molar-refractivity contribution is -0.135. The molecule has 1 aliphatic rings. The molecule has 0 N–H and O–H groups in total. The number of carbonyl (C=O) groups is 1. The lowest BCUT2D eigenvalue weighted by Gasteiger charge is -2.24. The molecule has 1 saturated carbocycles. The van der Waals surface area contributed by atoms with Gasteiger partial charge in [-0.1, -0.05) is 44.2 Å². The summed E-state index contributed by atoms with van der Waals surface area (Å²) in [5, 5.41) is 0. The molecule has 2 aromatic rings. The van der Waals surface area contributed by atoms with Crippen LogP contribution in [0.1, 0.15) is 38.1 Å². The largest absolute Gasteiger partial charge is 0.332 e. The van der Waals surface area contributed by atoms with E-state index >= 15 is 0 Å². The lowest BCUT2D eigenvalue weighted by Crippen LogP contribution is -2.36. The van der Waals surface area contributed by atoms with Crippen molar-refractivity contribution in [1.82, 2.24) is 14.5 Å². The van der Waals surface area contributed by atoms with Gasteiger partial charge in [0.2, 0.25) is 5.91 Å². The van der Waals surface area contributed by atoms with Gasteiger partial charge >= 0.3 is 0 Å². The Morgan fingerprint density at radius 2 is 2.05 bits per heavy atom. The fraction of sp³-hybridized carbons (Fsp3) is 0.444. The van der Waals surface area contributed by atoms with Crippen LogP contribution in [0.3, 0.4) is 0 Å². The number of hydrogen-bond donors (Lipinski definition) is 0. The Bertz CT molecular complexity index is 629. The summed E-state index contributed by atoms with van der Waals surface area (Å²) >= 11 is 0. The maximum absolute atomic E-state index is 12.4. The zero-order valence-electron chi connectivity index (χ0n) is 13.3. The Kier molecular flexibility index (Phi) is 4.27. The van der Waals surface area contributed by atoms with E-state index in [4.69, 9.17) is 0 Å². The predicted molar refractivity (Wildman–Crippen MR) is 86.2 cm³/mol. The third kappa shape index (κ3) is 3.38. The number of amides is 1. The second-order valence-corrected chi connectivity index (χ2v) is 6.31. The summed E-state index contributed by atoms with van der Waals surface area (Å²) in [6.07, 6.45) is 6.06. The summed E-state index contributed by atoms with van der Waals surface area (Å²) in [5.74, 6) is 1.24. The smallest absolute Gasteiger partial charge is 0.225 e. The minimum absolute atomic E-state index is 0.0399. The lowest BCUT2D eigenvalue weighted by atomic mass is 10.2. The molecule has 116 valence electrons. The van der Waals surface area contributed by atoms with E-state index in [0.717, 1.165) is 25.2 Å². The van der Waals surface area contributed by atoms with Crippen molar-refractivity contribution < 1.29 is 4.79 Å². The zero-order chi connectivity index (χ0) is 15.5. The number of rotatable bonds is 6. The highest BCUT2D eigenvalue weighted by Gasteiger charge is 2.34. The average Bonchev–Trinajstić information content (AvgIpc) is 3.27. The van der Waals surface area contributed by atoms with E-state index in [1.807, 2.05) is 49.3 Å². The third-order valence-electron chi connectivity index (χ3n) is 4.07. The highest BCUT2D eigenvalue weighted by Crippen LogP contribution is 2.29. The van der Waals surface area contributed by atoms with E-state index in [1.165, 1.54) is 5.56 Å². The summed E-state index contributed by atoms with van der Waals surface area (Å²) in [6, 6.07) is 10.8. The van der Waals surface area contributed by atoms with Gasteiger partial charge in [-0.25, -0.2) is 4.98 Å². The Morgan fingerprint density at radius 3 is 2.68 bits per heavy atom. The van der Waals surface area contributed by atoms with Crippen molar-refractivity contribution in [3.05, 3.63) is 54.1 Å². The normalized spacial score (nSPS) is 14.3. The van der Waals surface area contributed by atoms with Gasteiger partial charge in [0.15, 0.2) is 0 Å². The molecule has 4 nitrogen and oxygen atoms in total. The molecule has 1 aromatic heterocycles. The molecular weight excluding hydrogens is 274 g/mol. The van der Waals surface area contributed by atoms with Crippen molar-refractivity contribution in [3.8, 4) is 0 Å². The van der Waals surface area contributed by atoms with Gasteiger partial charge in [0, 0.05) is 30.9 Å². The quantitative estimate of drug-likeness (QED) is 0.822. The van der Waals surface area contributed by atoms with Crippen molar-refractivity contribution in [2.24, 2.45) is 5.92 Å². The molecule has 0 aliphatic heterocycles. The molecule has 0 spiro atoms. The fourth-order valence-corrected chi connectivity index (χ4v) is 2.67. The molecule has 1 heterocycles. The van der Waals surface area contributed by atoms with Gasteiger partial charge in [-0.05, 0) is 18.4 Å². The van der Waals surface area contributed by atoms with Crippen LogP contribution in [0.25, 0.3) is 0 Å². The van der Waals surface area contributed by atoms with Gasteiger partial charge in [0.05, 0.1) is 6.54 Å². The van der Waals surface area contributed by atoms with Crippen LogP contribution in [-0.2, 0) is 17.9 Å². The molecule has 22 heavy (non-hydrogen) atoms. The maximum atomic E-state index is 12.4. The maximum Gasteiger partial charge on any atom is 0.225 e. The highest BCUT2D eigenvalue weighted by atomic mass is 16.2. The summed E-state index contributed by atoms with van der Waals surface area (Å²) in [7, 11) is 0. The molecular formula is C18H23N3O. The Labute approximate surface area is 131 Å². The van der Waals surface area contributed by atoms with Crippen LogP contribution >= 0.6 is 0 Å². The van der Waals surface area contributed by atoms with Crippen molar-refractivity contribution in [2.75, 3.05) is 0 Å². The topological polar surface area (TPSA) is 38.1 Å². The molecule has 0 saturated heterocycles. The summed E-state index contributed by atoms with van der Waals surface area (Å²) in [4.78, 5) is 18.9. The molecule has 3 rings (SSSR count). The number of hydrogen-bond acceptors (Lipinski definition) is 2. The molecule has 1 amide bonds. The highest BCUT2D eigenvalue weighted by molar-refractivity contribution is 5.78. The molecule has 0 radical (unpaired) electrons. The summed E-state index contributed by atoms with van der Waals surface area (Å²) < 4.78 is 2.14. The van der Waals surface area contributed by atoms with Gasteiger partial charge in [0.25, 0.3) is 0 Å². The number of benzene rings is 1. The molecule has 0 atom stereocenters. The minimum Gasteiger partial charge on any atom is -0.332 e. The Balaban J connectivity index is 1.75. The molecule has 0 bridgehead atoms. The molecule has 0 unspecified atom stereocenters. The Morgan fingerprint density at radius 1 is 1.32 bits per heavy atom. The number of imidazole rings is 1. The zero-order valence-corrected chi connectivity index (χ0v) is 13.3. The SMILES string of the molecule is CC(C)C(=O)N(Cc1nccn1Cc1ccccc1)C1CC1. The van der Waals surface area contributed by atoms with Crippen LogP contribution in [0.4, 0.5) is 0 Å². The first kappa shape index (κ1) is 14.8. The van der Waals surface area contributed by atoms with Gasteiger partial charge in [-0.15, -0.1) is 0 Å². The predicted octanol–water partition coefficient (Wildman–Crippen LogP) is 3.08. The fourth-order valence-electron chi connectivity index (χ4n) is 2.67. The van der Waals surface area contributed by atoms with Crippen molar-refractivity contribution in [1.29, 1.82) is 0 Å².